The van der Waals surface area contributed by atoms with Crippen molar-refractivity contribution >= 4 is 5.97 Å². The number of carboxylic acids is 1. The lowest BCUT2D eigenvalue weighted by Crippen LogP contribution is -2.27. The first-order valence-electron chi connectivity index (χ1n) is 5.08. The van der Waals surface area contributed by atoms with Crippen LogP contribution in [-0.4, -0.2) is 20.6 Å². The van der Waals surface area contributed by atoms with Gasteiger partial charge in [-0.3, -0.25) is 9.36 Å². The Labute approximate surface area is 101 Å². The second-order valence-electron chi connectivity index (χ2n) is 3.66. The highest BCUT2D eigenvalue weighted by atomic mass is 19.1. The van der Waals surface area contributed by atoms with Crippen molar-refractivity contribution in [3.8, 4) is 5.69 Å². The molecule has 0 unspecified atom stereocenters. The van der Waals surface area contributed by atoms with Gasteiger partial charge >= 0.3 is 5.97 Å². The highest BCUT2D eigenvalue weighted by molar-refractivity contribution is 5.88. The first-order chi connectivity index (χ1) is 8.50. The molecule has 2 aromatic rings. The molecule has 0 aliphatic carbocycles. The lowest BCUT2D eigenvalue weighted by atomic mass is 10.2. The third-order valence-corrected chi connectivity index (χ3v) is 2.48. The molecular weight excluding hydrogens is 239 g/mol. The Bertz CT molecular complexity index is 662. The number of aromatic nitrogens is 2. The SMILES string of the molecule is Cc1ncn(-c2ccc(F)cc2)c(=O)c1C(=O)O. The minimum Gasteiger partial charge on any atom is -0.477 e. The third kappa shape index (κ3) is 2.00. The summed E-state index contributed by atoms with van der Waals surface area (Å²) in [5.41, 5.74) is -0.578. The molecule has 0 radical (unpaired) electrons. The second kappa shape index (κ2) is 4.40. The quantitative estimate of drug-likeness (QED) is 0.871. The lowest BCUT2D eigenvalue weighted by Gasteiger charge is -2.07. The normalized spacial score (nSPS) is 10.3. The topological polar surface area (TPSA) is 72.2 Å². The third-order valence-electron chi connectivity index (χ3n) is 2.48. The van der Waals surface area contributed by atoms with Crippen LogP contribution in [0.1, 0.15) is 16.1 Å². The monoisotopic (exact) mass is 248 g/mol. The number of aromatic carboxylic acids is 1. The Morgan fingerprint density at radius 1 is 1.33 bits per heavy atom. The zero-order valence-corrected chi connectivity index (χ0v) is 9.42. The van der Waals surface area contributed by atoms with Crippen molar-refractivity contribution in [1.29, 1.82) is 0 Å². The van der Waals surface area contributed by atoms with Gasteiger partial charge in [-0.2, -0.15) is 0 Å². The Morgan fingerprint density at radius 3 is 2.50 bits per heavy atom. The van der Waals surface area contributed by atoms with E-state index in [2.05, 4.69) is 4.98 Å². The van der Waals surface area contributed by atoms with Crippen molar-refractivity contribution in [3.63, 3.8) is 0 Å². The number of hydrogen-bond donors (Lipinski definition) is 1. The van der Waals surface area contributed by atoms with Crippen LogP contribution in [0.3, 0.4) is 0 Å². The molecule has 0 saturated heterocycles. The molecule has 1 aromatic carbocycles. The zero-order chi connectivity index (χ0) is 13.3. The van der Waals surface area contributed by atoms with E-state index in [1.165, 1.54) is 37.5 Å². The molecule has 92 valence electrons. The van der Waals surface area contributed by atoms with Gasteiger partial charge in [0.05, 0.1) is 11.4 Å². The first kappa shape index (κ1) is 12.0. The molecule has 0 saturated carbocycles. The molecule has 0 amide bonds. The van der Waals surface area contributed by atoms with Crippen molar-refractivity contribution < 1.29 is 14.3 Å². The summed E-state index contributed by atoms with van der Waals surface area (Å²) in [5.74, 6) is -1.77. The maximum atomic E-state index is 12.8. The van der Waals surface area contributed by atoms with Gasteiger partial charge in [-0.25, -0.2) is 14.2 Å². The number of hydrogen-bond acceptors (Lipinski definition) is 3. The van der Waals surface area contributed by atoms with E-state index in [1.807, 2.05) is 0 Å². The Morgan fingerprint density at radius 2 is 1.94 bits per heavy atom. The Balaban J connectivity index is 2.67. The van der Waals surface area contributed by atoms with Crippen LogP contribution >= 0.6 is 0 Å². The fraction of sp³-hybridized carbons (Fsp3) is 0.0833. The van der Waals surface area contributed by atoms with Crippen LogP contribution in [0.2, 0.25) is 0 Å². The molecule has 0 fully saturated rings. The van der Waals surface area contributed by atoms with E-state index in [4.69, 9.17) is 5.11 Å². The Hall–Kier alpha value is -2.50. The summed E-state index contributed by atoms with van der Waals surface area (Å²) in [7, 11) is 0. The number of nitrogens with zero attached hydrogens (tertiary/aromatic N) is 2. The summed E-state index contributed by atoms with van der Waals surface area (Å²) in [4.78, 5) is 26.8. The van der Waals surface area contributed by atoms with Crippen molar-refractivity contribution in [3.05, 3.63) is 58.0 Å². The number of benzene rings is 1. The van der Waals surface area contributed by atoms with Gasteiger partial charge in [-0.05, 0) is 31.2 Å². The maximum Gasteiger partial charge on any atom is 0.343 e. The van der Waals surface area contributed by atoms with Crippen LogP contribution in [0.25, 0.3) is 5.69 Å². The number of carbonyl (C=O) groups is 1. The van der Waals surface area contributed by atoms with E-state index < -0.39 is 17.3 Å². The molecule has 0 atom stereocenters. The predicted molar refractivity (Wildman–Crippen MR) is 61.5 cm³/mol. The minimum atomic E-state index is -1.33. The van der Waals surface area contributed by atoms with Crippen LogP contribution in [0.4, 0.5) is 4.39 Å². The molecule has 2 rings (SSSR count). The minimum absolute atomic E-state index is 0.144. The standard InChI is InChI=1S/C12H9FN2O3/c1-7-10(12(17)18)11(16)15(6-14-7)9-4-2-8(13)3-5-9/h2-6H,1H3,(H,17,18). The van der Waals surface area contributed by atoms with Gasteiger partial charge in [0.25, 0.3) is 5.56 Å². The molecule has 1 aromatic heterocycles. The highest BCUT2D eigenvalue weighted by Crippen LogP contribution is 2.07. The molecule has 0 spiro atoms. The molecule has 0 aliphatic heterocycles. The van der Waals surface area contributed by atoms with Crippen LogP contribution < -0.4 is 5.56 Å². The fourth-order valence-electron chi connectivity index (χ4n) is 1.57. The van der Waals surface area contributed by atoms with Crippen molar-refractivity contribution in [2.75, 3.05) is 0 Å². The van der Waals surface area contributed by atoms with Crippen molar-refractivity contribution in [2.24, 2.45) is 0 Å². The lowest BCUT2D eigenvalue weighted by molar-refractivity contribution is 0.0693. The van der Waals surface area contributed by atoms with Crippen LogP contribution in [0, 0.1) is 12.7 Å². The number of halogens is 1. The van der Waals surface area contributed by atoms with Gasteiger partial charge in [0.15, 0.2) is 0 Å². The first-order valence-corrected chi connectivity index (χ1v) is 5.08. The number of aryl methyl sites for hydroxylation is 1. The largest absolute Gasteiger partial charge is 0.477 e. The van der Waals surface area contributed by atoms with E-state index >= 15 is 0 Å². The van der Waals surface area contributed by atoms with E-state index in [-0.39, 0.29) is 11.3 Å². The van der Waals surface area contributed by atoms with Crippen molar-refractivity contribution in [2.45, 2.75) is 6.92 Å². The summed E-state index contributed by atoms with van der Waals surface area (Å²) < 4.78 is 13.8. The van der Waals surface area contributed by atoms with Crippen LogP contribution in [0.5, 0.6) is 0 Å². The molecule has 1 N–H and O–H groups in total. The predicted octanol–water partition coefficient (Wildman–Crippen LogP) is 1.38. The summed E-state index contributed by atoms with van der Waals surface area (Å²) >= 11 is 0. The van der Waals surface area contributed by atoms with Gasteiger partial charge in [0.1, 0.15) is 17.7 Å². The average molecular weight is 248 g/mol. The molecule has 18 heavy (non-hydrogen) atoms. The summed E-state index contributed by atoms with van der Waals surface area (Å²) in [6, 6.07) is 5.11. The van der Waals surface area contributed by atoms with Gasteiger partial charge in [-0.15, -0.1) is 0 Å². The number of carboxylic acid groups (broad SMARTS) is 1. The van der Waals surface area contributed by atoms with Gasteiger partial charge < -0.3 is 5.11 Å². The summed E-state index contributed by atoms with van der Waals surface area (Å²) in [6.45, 7) is 1.44. The fourth-order valence-corrected chi connectivity index (χ4v) is 1.57. The molecular formula is C12H9FN2O3. The Kier molecular flexibility index (Phi) is 2.93. The van der Waals surface area contributed by atoms with Gasteiger partial charge in [0.2, 0.25) is 0 Å². The molecule has 5 nitrogen and oxygen atoms in total. The molecule has 1 heterocycles. The average Bonchev–Trinajstić information content (AvgIpc) is 2.30. The van der Waals surface area contributed by atoms with Crippen molar-refractivity contribution in [1.82, 2.24) is 9.55 Å². The second-order valence-corrected chi connectivity index (χ2v) is 3.66. The van der Waals surface area contributed by atoms with Gasteiger partial charge in [0, 0.05) is 0 Å². The van der Waals surface area contributed by atoms with E-state index in [0.717, 1.165) is 4.57 Å². The molecule has 0 bridgehead atoms. The van der Waals surface area contributed by atoms with E-state index in [1.54, 1.807) is 0 Å². The van der Waals surface area contributed by atoms with E-state index in [9.17, 15) is 14.0 Å². The zero-order valence-electron chi connectivity index (χ0n) is 9.42. The van der Waals surface area contributed by atoms with E-state index in [0.29, 0.717) is 5.69 Å². The van der Waals surface area contributed by atoms with Crippen LogP contribution in [-0.2, 0) is 0 Å². The molecule has 6 heteroatoms. The smallest absolute Gasteiger partial charge is 0.343 e. The highest BCUT2D eigenvalue weighted by Gasteiger charge is 2.16. The molecule has 0 aliphatic rings. The summed E-state index contributed by atoms with van der Waals surface area (Å²) in [6.07, 6.45) is 1.22. The summed E-state index contributed by atoms with van der Waals surface area (Å²) in [5, 5.41) is 8.95. The number of rotatable bonds is 2. The maximum absolute atomic E-state index is 12.8. The van der Waals surface area contributed by atoms with Crippen LogP contribution in [0.15, 0.2) is 35.4 Å². The van der Waals surface area contributed by atoms with Gasteiger partial charge in [-0.1, -0.05) is 0 Å².